The average molecular weight is 340 g/mol. The summed E-state index contributed by atoms with van der Waals surface area (Å²) in [6, 6.07) is 5.53. The second kappa shape index (κ2) is 6.89. The first-order chi connectivity index (χ1) is 9.87. The third-order valence-electron chi connectivity index (χ3n) is 2.95. The number of carbonyl (C=O) groups is 1. The molecule has 1 amide bonds. The Morgan fingerprint density at radius 1 is 1.24 bits per heavy atom. The molecule has 1 saturated heterocycles. The topological polar surface area (TPSA) is 29.5 Å². The molecular formula is C13H13ClF3NO2S. The Morgan fingerprint density at radius 2 is 1.81 bits per heavy atom. The van der Waals surface area contributed by atoms with Crippen molar-refractivity contribution < 1.29 is 22.7 Å². The van der Waals surface area contributed by atoms with E-state index in [-0.39, 0.29) is 22.6 Å². The molecule has 116 valence electrons. The lowest BCUT2D eigenvalue weighted by atomic mass is 10.1. The van der Waals surface area contributed by atoms with Gasteiger partial charge in [-0.2, -0.15) is 13.2 Å². The molecule has 1 unspecified atom stereocenters. The maximum atomic E-state index is 12.2. The number of ether oxygens (including phenoxy) is 1. The zero-order valence-corrected chi connectivity index (χ0v) is 12.5. The van der Waals surface area contributed by atoms with Crippen molar-refractivity contribution in [1.29, 1.82) is 0 Å². The Morgan fingerprint density at radius 3 is 2.33 bits per heavy atom. The van der Waals surface area contributed by atoms with Crippen LogP contribution in [0.25, 0.3) is 0 Å². The van der Waals surface area contributed by atoms with Gasteiger partial charge < -0.3 is 9.64 Å². The molecule has 1 heterocycles. The molecule has 0 N–H and O–H groups in total. The molecule has 1 aromatic rings. The minimum Gasteiger partial charge on any atom is -0.378 e. The summed E-state index contributed by atoms with van der Waals surface area (Å²) in [4.78, 5) is 13.8. The Labute approximate surface area is 129 Å². The van der Waals surface area contributed by atoms with Crippen LogP contribution in [0.5, 0.6) is 0 Å². The molecule has 1 aromatic carbocycles. The van der Waals surface area contributed by atoms with Gasteiger partial charge in [0.05, 0.1) is 13.2 Å². The van der Waals surface area contributed by atoms with Crippen molar-refractivity contribution in [3.63, 3.8) is 0 Å². The number of hydrogen-bond acceptors (Lipinski definition) is 3. The molecular weight excluding hydrogens is 327 g/mol. The van der Waals surface area contributed by atoms with Crippen LogP contribution < -0.4 is 0 Å². The summed E-state index contributed by atoms with van der Waals surface area (Å²) >= 11 is 5.92. The summed E-state index contributed by atoms with van der Waals surface area (Å²) in [5.74, 6) is -0.254. The van der Waals surface area contributed by atoms with Gasteiger partial charge in [-0.3, -0.25) is 4.79 Å². The van der Waals surface area contributed by atoms with Gasteiger partial charge in [0.15, 0.2) is 0 Å². The quantitative estimate of drug-likeness (QED) is 0.624. The summed E-state index contributed by atoms with van der Waals surface area (Å²) in [6.07, 6.45) is 0. The lowest BCUT2D eigenvalue weighted by Crippen LogP contribution is -2.42. The van der Waals surface area contributed by atoms with E-state index in [0.29, 0.717) is 31.9 Å². The number of alkyl halides is 4. The van der Waals surface area contributed by atoms with E-state index in [9.17, 15) is 18.0 Å². The number of thioether (sulfide) groups is 1. The van der Waals surface area contributed by atoms with E-state index in [1.165, 1.54) is 24.3 Å². The number of rotatable bonds is 3. The van der Waals surface area contributed by atoms with Gasteiger partial charge in [0.2, 0.25) is 5.91 Å². The van der Waals surface area contributed by atoms with Crippen molar-refractivity contribution in [2.45, 2.75) is 15.8 Å². The van der Waals surface area contributed by atoms with E-state index in [0.717, 1.165) is 0 Å². The highest BCUT2D eigenvalue weighted by atomic mass is 35.5. The van der Waals surface area contributed by atoms with E-state index >= 15 is 0 Å². The average Bonchev–Trinajstić information content (AvgIpc) is 2.46. The highest BCUT2D eigenvalue weighted by Crippen LogP contribution is 2.37. The van der Waals surface area contributed by atoms with Gasteiger partial charge in [0.1, 0.15) is 5.38 Å². The minimum absolute atomic E-state index is 0.0638. The fourth-order valence-corrected chi connectivity index (χ4v) is 2.75. The maximum absolute atomic E-state index is 12.2. The van der Waals surface area contributed by atoms with Crippen molar-refractivity contribution in [3.8, 4) is 0 Å². The normalized spacial score (nSPS) is 17.6. The Kier molecular flexibility index (Phi) is 5.40. The third kappa shape index (κ3) is 4.79. The Bertz CT molecular complexity index is 489. The summed E-state index contributed by atoms with van der Waals surface area (Å²) in [6.45, 7) is 1.89. The molecule has 8 heteroatoms. The fraction of sp³-hybridized carbons (Fsp3) is 0.462. The molecule has 2 rings (SSSR count). The minimum atomic E-state index is -4.33. The predicted molar refractivity (Wildman–Crippen MR) is 74.3 cm³/mol. The number of carbonyl (C=O) groups excluding carboxylic acids is 1. The van der Waals surface area contributed by atoms with Crippen LogP contribution in [0.4, 0.5) is 13.2 Å². The third-order valence-corrected chi connectivity index (χ3v) is 4.12. The summed E-state index contributed by atoms with van der Waals surface area (Å²) < 4.78 is 41.9. The monoisotopic (exact) mass is 339 g/mol. The van der Waals surface area contributed by atoms with Crippen LogP contribution in [-0.2, 0) is 9.53 Å². The highest BCUT2D eigenvalue weighted by molar-refractivity contribution is 8.00. The highest BCUT2D eigenvalue weighted by Gasteiger charge is 2.30. The van der Waals surface area contributed by atoms with Crippen LogP contribution in [0.3, 0.4) is 0 Å². The maximum Gasteiger partial charge on any atom is 0.446 e. The van der Waals surface area contributed by atoms with E-state index in [4.69, 9.17) is 16.3 Å². The molecule has 3 nitrogen and oxygen atoms in total. The Hall–Kier alpha value is -0.920. The van der Waals surface area contributed by atoms with Gasteiger partial charge >= 0.3 is 5.51 Å². The van der Waals surface area contributed by atoms with Gasteiger partial charge in [-0.15, -0.1) is 11.6 Å². The lowest BCUT2D eigenvalue weighted by Gasteiger charge is -2.28. The zero-order valence-electron chi connectivity index (χ0n) is 10.9. The van der Waals surface area contributed by atoms with Crippen molar-refractivity contribution in [3.05, 3.63) is 29.8 Å². The molecule has 0 saturated carbocycles. The van der Waals surface area contributed by atoms with Crippen LogP contribution in [0.1, 0.15) is 10.9 Å². The molecule has 0 aliphatic carbocycles. The molecule has 0 spiro atoms. The predicted octanol–water partition coefficient (Wildman–Crippen LogP) is 3.44. The molecule has 0 aromatic heterocycles. The first-order valence-electron chi connectivity index (χ1n) is 6.23. The van der Waals surface area contributed by atoms with Gasteiger partial charge in [0.25, 0.3) is 0 Å². The first kappa shape index (κ1) is 16.5. The summed E-state index contributed by atoms with van der Waals surface area (Å²) in [7, 11) is 0. The number of benzene rings is 1. The van der Waals surface area contributed by atoms with Crippen molar-refractivity contribution in [1.82, 2.24) is 4.90 Å². The van der Waals surface area contributed by atoms with Crippen molar-refractivity contribution in [2.24, 2.45) is 0 Å². The lowest BCUT2D eigenvalue weighted by molar-refractivity contribution is -0.134. The van der Waals surface area contributed by atoms with Gasteiger partial charge in [-0.1, -0.05) is 12.1 Å². The fourth-order valence-electron chi connectivity index (χ4n) is 1.93. The molecule has 1 aliphatic heterocycles. The summed E-state index contributed by atoms with van der Waals surface area (Å²) in [5, 5.41) is -0.895. The van der Waals surface area contributed by atoms with Gasteiger partial charge in [-0.25, -0.2) is 0 Å². The smallest absolute Gasteiger partial charge is 0.378 e. The number of nitrogens with zero attached hydrogens (tertiary/aromatic N) is 1. The largest absolute Gasteiger partial charge is 0.446 e. The molecule has 1 atom stereocenters. The number of morpholine rings is 1. The van der Waals surface area contributed by atoms with E-state index in [1.54, 1.807) is 4.90 Å². The second-order valence-corrected chi connectivity index (χ2v) is 5.99. The van der Waals surface area contributed by atoms with Crippen molar-refractivity contribution >= 4 is 29.3 Å². The standard InChI is InChI=1S/C13H13ClF3NO2S/c14-11(12(19)18-5-7-20-8-6-18)9-1-3-10(4-2-9)21-13(15,16)17/h1-4,11H,5-8H2. The summed E-state index contributed by atoms with van der Waals surface area (Å²) in [5.41, 5.74) is -3.84. The number of halogens is 4. The van der Waals surface area contributed by atoms with Gasteiger partial charge in [0, 0.05) is 18.0 Å². The van der Waals surface area contributed by atoms with Crippen LogP contribution in [0, 0.1) is 0 Å². The van der Waals surface area contributed by atoms with Crippen LogP contribution >= 0.6 is 23.4 Å². The number of amides is 1. The molecule has 1 aliphatic rings. The van der Waals surface area contributed by atoms with Crippen molar-refractivity contribution in [2.75, 3.05) is 26.3 Å². The molecule has 0 bridgehead atoms. The zero-order chi connectivity index (χ0) is 15.5. The van der Waals surface area contributed by atoms with E-state index in [1.807, 2.05) is 0 Å². The van der Waals surface area contributed by atoms with E-state index in [2.05, 4.69) is 0 Å². The second-order valence-electron chi connectivity index (χ2n) is 4.42. The van der Waals surface area contributed by atoms with Crippen LogP contribution in [-0.4, -0.2) is 42.6 Å². The Balaban J connectivity index is 2.02. The van der Waals surface area contributed by atoms with Crippen LogP contribution in [0.15, 0.2) is 29.2 Å². The molecule has 1 fully saturated rings. The molecule has 0 radical (unpaired) electrons. The number of hydrogen-bond donors (Lipinski definition) is 0. The SMILES string of the molecule is O=C(C(Cl)c1ccc(SC(F)(F)F)cc1)N1CCOCC1. The molecule has 21 heavy (non-hydrogen) atoms. The van der Waals surface area contributed by atoms with E-state index < -0.39 is 10.9 Å². The first-order valence-corrected chi connectivity index (χ1v) is 7.48. The van der Waals surface area contributed by atoms with Gasteiger partial charge in [-0.05, 0) is 29.5 Å². The van der Waals surface area contributed by atoms with Crippen LogP contribution in [0.2, 0.25) is 0 Å².